The van der Waals surface area contributed by atoms with Crippen molar-refractivity contribution in [1.29, 1.82) is 0 Å². The minimum Gasteiger partial charge on any atom is -0.497 e. The second kappa shape index (κ2) is 9.07. The molecule has 0 fully saturated rings. The number of anilines is 1. The summed E-state index contributed by atoms with van der Waals surface area (Å²) in [6.07, 6.45) is 0.419. The molecule has 0 saturated carbocycles. The Hall–Kier alpha value is -1.95. The van der Waals surface area contributed by atoms with Crippen LogP contribution in [-0.2, 0) is 4.79 Å². The molecule has 0 aliphatic heterocycles. The van der Waals surface area contributed by atoms with E-state index in [1.54, 1.807) is 20.3 Å². The number of carbonyl (C=O) groups excluding carboxylic acids is 1. The number of ether oxygens (including phenoxy) is 2. The first kappa shape index (κ1) is 17.1. The quantitative estimate of drug-likeness (QED) is 0.716. The maximum atomic E-state index is 11.6. The van der Waals surface area contributed by atoms with Crippen LogP contribution in [0.2, 0.25) is 0 Å². The van der Waals surface area contributed by atoms with Crippen LogP contribution in [0, 0.1) is 0 Å². The van der Waals surface area contributed by atoms with Gasteiger partial charge in [0.2, 0.25) is 5.91 Å². The van der Waals surface area contributed by atoms with Crippen LogP contribution >= 0.6 is 0 Å². The van der Waals surface area contributed by atoms with Gasteiger partial charge in [-0.05, 0) is 26.2 Å². The smallest absolute Gasteiger partial charge is 0.221 e. The number of methoxy groups -OCH3 is 2. The van der Waals surface area contributed by atoms with E-state index >= 15 is 0 Å². The molecule has 21 heavy (non-hydrogen) atoms. The van der Waals surface area contributed by atoms with E-state index in [-0.39, 0.29) is 5.91 Å². The van der Waals surface area contributed by atoms with Gasteiger partial charge in [0.05, 0.1) is 19.9 Å². The molecule has 0 radical (unpaired) electrons. The van der Waals surface area contributed by atoms with Gasteiger partial charge >= 0.3 is 0 Å². The molecule has 1 aromatic carbocycles. The summed E-state index contributed by atoms with van der Waals surface area (Å²) in [4.78, 5) is 13.7. The minimum atomic E-state index is 0.0387. The Morgan fingerprint density at radius 1 is 1.19 bits per heavy atom. The first-order chi connectivity index (χ1) is 10.1. The molecular formula is C15H25N3O3. The predicted molar refractivity (Wildman–Crippen MR) is 84.2 cm³/mol. The van der Waals surface area contributed by atoms with Gasteiger partial charge in [-0.3, -0.25) is 4.79 Å². The fourth-order valence-corrected chi connectivity index (χ4v) is 1.76. The SMILES string of the molecule is COc1ccc(NCCC(=O)NCCN(C)C)c(OC)c1. The van der Waals surface area contributed by atoms with E-state index in [0.717, 1.165) is 18.0 Å². The van der Waals surface area contributed by atoms with E-state index in [0.29, 0.717) is 25.3 Å². The van der Waals surface area contributed by atoms with Gasteiger partial charge in [0.1, 0.15) is 11.5 Å². The number of nitrogens with zero attached hydrogens (tertiary/aromatic N) is 1. The molecule has 0 heterocycles. The molecule has 6 nitrogen and oxygen atoms in total. The van der Waals surface area contributed by atoms with Crippen molar-refractivity contribution in [3.05, 3.63) is 18.2 Å². The van der Waals surface area contributed by atoms with E-state index < -0.39 is 0 Å². The van der Waals surface area contributed by atoms with Crippen molar-refractivity contribution >= 4 is 11.6 Å². The Morgan fingerprint density at radius 2 is 1.95 bits per heavy atom. The van der Waals surface area contributed by atoms with Gasteiger partial charge in [0.15, 0.2) is 0 Å². The molecule has 0 saturated heterocycles. The van der Waals surface area contributed by atoms with Crippen molar-refractivity contribution in [2.45, 2.75) is 6.42 Å². The third kappa shape index (κ3) is 6.35. The minimum absolute atomic E-state index is 0.0387. The van der Waals surface area contributed by atoms with Gasteiger partial charge in [-0.1, -0.05) is 0 Å². The van der Waals surface area contributed by atoms with E-state index in [2.05, 4.69) is 10.6 Å². The number of amides is 1. The summed E-state index contributed by atoms with van der Waals surface area (Å²) in [6.45, 7) is 2.06. The summed E-state index contributed by atoms with van der Waals surface area (Å²) in [6, 6.07) is 5.53. The highest BCUT2D eigenvalue weighted by atomic mass is 16.5. The van der Waals surface area contributed by atoms with Crippen LogP contribution in [0.4, 0.5) is 5.69 Å². The van der Waals surface area contributed by atoms with E-state index in [4.69, 9.17) is 9.47 Å². The number of nitrogens with one attached hydrogen (secondary N) is 2. The summed E-state index contributed by atoms with van der Waals surface area (Å²) in [5, 5.41) is 6.07. The van der Waals surface area contributed by atoms with Crippen LogP contribution in [-0.4, -0.2) is 58.8 Å². The first-order valence-corrected chi connectivity index (χ1v) is 6.94. The van der Waals surface area contributed by atoms with Gasteiger partial charge in [-0.2, -0.15) is 0 Å². The van der Waals surface area contributed by atoms with Gasteiger partial charge in [-0.15, -0.1) is 0 Å². The highest BCUT2D eigenvalue weighted by molar-refractivity contribution is 5.76. The van der Waals surface area contributed by atoms with Crippen LogP contribution in [0.25, 0.3) is 0 Å². The molecule has 0 aliphatic rings. The molecule has 0 bridgehead atoms. The molecule has 0 spiro atoms. The molecule has 1 rings (SSSR count). The molecule has 1 amide bonds. The Kier molecular flexibility index (Phi) is 7.39. The van der Waals surface area contributed by atoms with Crippen molar-refractivity contribution in [3.8, 4) is 11.5 Å². The van der Waals surface area contributed by atoms with E-state index in [1.807, 2.05) is 31.1 Å². The second-order valence-corrected chi connectivity index (χ2v) is 4.90. The number of hydrogen-bond acceptors (Lipinski definition) is 5. The monoisotopic (exact) mass is 295 g/mol. The number of carbonyl (C=O) groups is 1. The Bertz CT molecular complexity index is 450. The summed E-state index contributed by atoms with van der Waals surface area (Å²) >= 11 is 0. The topological polar surface area (TPSA) is 62.8 Å². The van der Waals surface area contributed by atoms with Crippen molar-refractivity contribution < 1.29 is 14.3 Å². The Morgan fingerprint density at radius 3 is 2.57 bits per heavy atom. The van der Waals surface area contributed by atoms with Gasteiger partial charge in [0.25, 0.3) is 0 Å². The third-order valence-corrected chi connectivity index (χ3v) is 2.96. The average Bonchev–Trinajstić information content (AvgIpc) is 2.47. The van der Waals surface area contributed by atoms with Crippen molar-refractivity contribution in [2.75, 3.05) is 53.3 Å². The molecule has 118 valence electrons. The Balaban J connectivity index is 2.36. The lowest BCUT2D eigenvalue weighted by molar-refractivity contribution is -0.120. The zero-order valence-electron chi connectivity index (χ0n) is 13.2. The third-order valence-electron chi connectivity index (χ3n) is 2.96. The lowest BCUT2D eigenvalue weighted by Gasteiger charge is -2.13. The zero-order chi connectivity index (χ0) is 15.7. The lowest BCUT2D eigenvalue weighted by Crippen LogP contribution is -2.32. The molecule has 0 aliphatic carbocycles. The largest absolute Gasteiger partial charge is 0.497 e. The van der Waals surface area contributed by atoms with Gasteiger partial charge < -0.3 is 25.0 Å². The van der Waals surface area contributed by atoms with E-state index in [9.17, 15) is 4.79 Å². The second-order valence-electron chi connectivity index (χ2n) is 4.90. The van der Waals surface area contributed by atoms with Crippen LogP contribution < -0.4 is 20.1 Å². The number of hydrogen-bond donors (Lipinski definition) is 2. The molecule has 1 aromatic rings. The van der Waals surface area contributed by atoms with Crippen LogP contribution in [0.1, 0.15) is 6.42 Å². The fraction of sp³-hybridized carbons (Fsp3) is 0.533. The predicted octanol–water partition coefficient (Wildman–Crippen LogP) is 1.18. The molecular weight excluding hydrogens is 270 g/mol. The van der Waals surface area contributed by atoms with Crippen LogP contribution in [0.5, 0.6) is 11.5 Å². The summed E-state index contributed by atoms with van der Waals surface area (Å²) in [5.74, 6) is 1.47. The maximum Gasteiger partial charge on any atom is 0.221 e. The molecule has 0 atom stereocenters. The lowest BCUT2D eigenvalue weighted by atomic mass is 10.2. The molecule has 2 N–H and O–H groups in total. The average molecular weight is 295 g/mol. The first-order valence-electron chi connectivity index (χ1n) is 6.94. The normalized spacial score (nSPS) is 10.3. The van der Waals surface area contributed by atoms with Gasteiger partial charge in [0, 0.05) is 32.1 Å². The zero-order valence-corrected chi connectivity index (χ0v) is 13.2. The maximum absolute atomic E-state index is 11.6. The number of benzene rings is 1. The van der Waals surface area contributed by atoms with Gasteiger partial charge in [-0.25, -0.2) is 0 Å². The van der Waals surface area contributed by atoms with E-state index in [1.165, 1.54) is 0 Å². The highest BCUT2D eigenvalue weighted by Crippen LogP contribution is 2.28. The van der Waals surface area contributed by atoms with Crippen LogP contribution in [0.15, 0.2) is 18.2 Å². The van der Waals surface area contributed by atoms with Crippen molar-refractivity contribution in [1.82, 2.24) is 10.2 Å². The molecule has 0 aromatic heterocycles. The highest BCUT2D eigenvalue weighted by Gasteiger charge is 2.06. The summed E-state index contributed by atoms with van der Waals surface area (Å²) < 4.78 is 10.4. The standard InChI is InChI=1S/C15H25N3O3/c1-18(2)10-9-17-15(19)7-8-16-13-6-5-12(20-3)11-14(13)21-4/h5-6,11,16H,7-10H2,1-4H3,(H,17,19). The molecule has 6 heteroatoms. The fourth-order valence-electron chi connectivity index (χ4n) is 1.76. The summed E-state index contributed by atoms with van der Waals surface area (Å²) in [7, 11) is 7.17. The summed E-state index contributed by atoms with van der Waals surface area (Å²) in [5.41, 5.74) is 0.847. The van der Waals surface area contributed by atoms with Crippen LogP contribution in [0.3, 0.4) is 0 Å². The van der Waals surface area contributed by atoms with Crippen molar-refractivity contribution in [2.24, 2.45) is 0 Å². The number of likely N-dealkylation sites (N-methyl/N-ethyl adjacent to an activating group) is 1. The Labute approximate surface area is 126 Å². The molecule has 0 unspecified atom stereocenters. The number of rotatable bonds is 9. The van der Waals surface area contributed by atoms with Crippen molar-refractivity contribution in [3.63, 3.8) is 0 Å².